The summed E-state index contributed by atoms with van der Waals surface area (Å²) in [5, 5.41) is 0. The summed E-state index contributed by atoms with van der Waals surface area (Å²) >= 11 is 0. The molecule has 0 heterocycles. The summed E-state index contributed by atoms with van der Waals surface area (Å²) in [6.07, 6.45) is 1.42. The van der Waals surface area contributed by atoms with Crippen LogP contribution in [-0.4, -0.2) is 49.6 Å². The Morgan fingerprint density at radius 1 is 1.13 bits per heavy atom. The van der Waals surface area contributed by atoms with Gasteiger partial charge in [-0.25, -0.2) is 4.79 Å². The zero-order chi connectivity index (χ0) is 18.0. The second-order valence-corrected chi connectivity index (χ2v) is 6.21. The maximum atomic E-state index is 11.9. The normalized spacial score (nSPS) is 10.8. The molecule has 1 amide bonds. The van der Waals surface area contributed by atoms with Crippen molar-refractivity contribution in [2.24, 2.45) is 5.41 Å². The highest BCUT2D eigenvalue weighted by Gasteiger charge is 2.27. The molecule has 0 atom stereocenters. The molecule has 0 aromatic rings. The molecule has 0 saturated heterocycles. The zero-order valence-electron chi connectivity index (χ0n) is 14.9. The summed E-state index contributed by atoms with van der Waals surface area (Å²) in [6.45, 7) is 11.3. The van der Waals surface area contributed by atoms with Gasteiger partial charge in [0.25, 0.3) is 0 Å². The molecule has 6 heteroatoms. The lowest BCUT2D eigenvalue weighted by molar-refractivity contribution is -0.155. The predicted molar refractivity (Wildman–Crippen MR) is 87.7 cm³/mol. The molecule has 0 saturated carbocycles. The fraction of sp³-hybridized carbons (Fsp3) is 0.706. The molecule has 0 aliphatic carbocycles. The van der Waals surface area contributed by atoms with Crippen LogP contribution in [0.4, 0.5) is 0 Å². The Kier molecular flexibility index (Phi) is 9.22. The van der Waals surface area contributed by atoms with Crippen molar-refractivity contribution in [2.45, 2.75) is 47.0 Å². The van der Waals surface area contributed by atoms with E-state index in [0.717, 1.165) is 0 Å². The van der Waals surface area contributed by atoms with Crippen LogP contribution in [0.3, 0.4) is 0 Å². The Morgan fingerprint density at radius 3 is 2.26 bits per heavy atom. The van der Waals surface area contributed by atoms with Crippen LogP contribution < -0.4 is 0 Å². The minimum Gasteiger partial charge on any atom is -0.463 e. The predicted octanol–water partition coefficient (Wildman–Crippen LogP) is 2.32. The first-order chi connectivity index (χ1) is 10.6. The standard InChI is InChI=1S/C17H29NO5/c1-7-17(4,5)16(21)23-12-10-18(6)14(19)9-8-11-22-15(20)13(2)3/h2,7-12H2,1,3-6H3. The number of rotatable bonds is 10. The SMILES string of the molecule is C=C(C)C(=O)OCCCC(=O)N(C)CCOC(=O)C(C)(C)CC. The second-order valence-electron chi connectivity index (χ2n) is 6.21. The van der Waals surface area contributed by atoms with Crippen molar-refractivity contribution >= 4 is 17.8 Å². The number of likely N-dealkylation sites (N-methyl/N-ethyl adjacent to an activating group) is 1. The average Bonchev–Trinajstić information content (AvgIpc) is 2.50. The van der Waals surface area contributed by atoms with E-state index in [1.165, 1.54) is 4.90 Å². The summed E-state index contributed by atoms with van der Waals surface area (Å²) in [6, 6.07) is 0. The molecule has 23 heavy (non-hydrogen) atoms. The fourth-order valence-corrected chi connectivity index (χ4v) is 1.44. The van der Waals surface area contributed by atoms with Gasteiger partial charge in [-0.1, -0.05) is 13.5 Å². The molecular formula is C17H29NO5. The number of amides is 1. The Labute approximate surface area is 138 Å². The van der Waals surface area contributed by atoms with Crippen LogP contribution in [0.5, 0.6) is 0 Å². The van der Waals surface area contributed by atoms with Crippen LogP contribution in [0, 0.1) is 5.41 Å². The minimum absolute atomic E-state index is 0.0813. The largest absolute Gasteiger partial charge is 0.463 e. The van der Waals surface area contributed by atoms with Gasteiger partial charge < -0.3 is 14.4 Å². The van der Waals surface area contributed by atoms with E-state index in [-0.39, 0.29) is 31.5 Å². The van der Waals surface area contributed by atoms with Crippen molar-refractivity contribution in [3.8, 4) is 0 Å². The average molecular weight is 327 g/mol. The second kappa shape index (κ2) is 10.0. The summed E-state index contributed by atoms with van der Waals surface area (Å²) in [4.78, 5) is 36.3. The van der Waals surface area contributed by atoms with Gasteiger partial charge in [-0.2, -0.15) is 0 Å². The van der Waals surface area contributed by atoms with Gasteiger partial charge in [-0.3, -0.25) is 9.59 Å². The van der Waals surface area contributed by atoms with Crippen LogP contribution in [-0.2, 0) is 23.9 Å². The summed E-state index contributed by atoms with van der Waals surface area (Å²) < 4.78 is 10.1. The van der Waals surface area contributed by atoms with Crippen molar-refractivity contribution in [3.05, 3.63) is 12.2 Å². The molecule has 0 aliphatic heterocycles. The van der Waals surface area contributed by atoms with E-state index in [1.807, 2.05) is 20.8 Å². The van der Waals surface area contributed by atoms with E-state index in [2.05, 4.69) is 6.58 Å². The van der Waals surface area contributed by atoms with Crippen LogP contribution in [0.25, 0.3) is 0 Å². The molecule has 6 nitrogen and oxygen atoms in total. The van der Waals surface area contributed by atoms with Crippen LogP contribution >= 0.6 is 0 Å². The number of nitrogens with zero attached hydrogens (tertiary/aromatic N) is 1. The number of esters is 2. The van der Waals surface area contributed by atoms with E-state index in [9.17, 15) is 14.4 Å². The maximum Gasteiger partial charge on any atom is 0.333 e. The Hall–Kier alpha value is -1.85. The summed E-state index contributed by atoms with van der Waals surface area (Å²) in [5.74, 6) is -0.786. The molecule has 0 rings (SSSR count). The van der Waals surface area contributed by atoms with Gasteiger partial charge in [0.2, 0.25) is 5.91 Å². The van der Waals surface area contributed by atoms with E-state index in [4.69, 9.17) is 9.47 Å². The number of carbonyl (C=O) groups is 3. The van der Waals surface area contributed by atoms with Crippen molar-refractivity contribution in [3.63, 3.8) is 0 Å². The molecule has 0 N–H and O–H groups in total. The minimum atomic E-state index is -0.504. The Morgan fingerprint density at radius 2 is 1.74 bits per heavy atom. The lowest BCUT2D eigenvalue weighted by atomic mass is 9.91. The maximum absolute atomic E-state index is 11.9. The van der Waals surface area contributed by atoms with E-state index in [1.54, 1.807) is 14.0 Å². The fourth-order valence-electron chi connectivity index (χ4n) is 1.44. The molecule has 132 valence electrons. The van der Waals surface area contributed by atoms with Crippen molar-refractivity contribution < 1.29 is 23.9 Å². The molecular weight excluding hydrogens is 298 g/mol. The molecule has 0 spiro atoms. The first-order valence-electron chi connectivity index (χ1n) is 7.85. The third-order valence-electron chi connectivity index (χ3n) is 3.64. The van der Waals surface area contributed by atoms with Gasteiger partial charge in [0.1, 0.15) is 6.61 Å². The van der Waals surface area contributed by atoms with Gasteiger partial charge >= 0.3 is 11.9 Å². The van der Waals surface area contributed by atoms with E-state index in [0.29, 0.717) is 25.0 Å². The molecule has 0 bridgehead atoms. The lowest BCUT2D eigenvalue weighted by Gasteiger charge is -2.22. The quantitative estimate of drug-likeness (QED) is 0.350. The molecule has 0 unspecified atom stereocenters. The van der Waals surface area contributed by atoms with Crippen LogP contribution in [0.15, 0.2) is 12.2 Å². The topological polar surface area (TPSA) is 72.9 Å². The smallest absolute Gasteiger partial charge is 0.333 e. The number of hydrogen-bond acceptors (Lipinski definition) is 5. The van der Waals surface area contributed by atoms with E-state index >= 15 is 0 Å². The van der Waals surface area contributed by atoms with Gasteiger partial charge in [0, 0.05) is 19.0 Å². The van der Waals surface area contributed by atoms with Crippen LogP contribution in [0.1, 0.15) is 47.0 Å². The van der Waals surface area contributed by atoms with Crippen molar-refractivity contribution in [1.82, 2.24) is 4.90 Å². The van der Waals surface area contributed by atoms with Gasteiger partial charge in [0.05, 0.1) is 18.6 Å². The van der Waals surface area contributed by atoms with Crippen molar-refractivity contribution in [1.29, 1.82) is 0 Å². The summed E-state index contributed by atoms with van der Waals surface area (Å²) in [5.41, 5.74) is -0.166. The van der Waals surface area contributed by atoms with Crippen molar-refractivity contribution in [2.75, 3.05) is 26.8 Å². The third kappa shape index (κ3) is 8.38. The monoisotopic (exact) mass is 327 g/mol. The number of ether oxygens (including phenoxy) is 2. The number of carbonyl (C=O) groups excluding carboxylic acids is 3. The summed E-state index contributed by atoms with van der Waals surface area (Å²) in [7, 11) is 1.65. The van der Waals surface area contributed by atoms with Gasteiger partial charge in [0.15, 0.2) is 0 Å². The lowest BCUT2D eigenvalue weighted by Crippen LogP contribution is -2.33. The first-order valence-corrected chi connectivity index (χ1v) is 7.85. The molecule has 0 radical (unpaired) electrons. The number of hydrogen-bond donors (Lipinski definition) is 0. The van der Waals surface area contributed by atoms with Gasteiger partial charge in [-0.05, 0) is 33.6 Å². The molecule has 0 aromatic heterocycles. The first kappa shape index (κ1) is 21.1. The van der Waals surface area contributed by atoms with Gasteiger partial charge in [-0.15, -0.1) is 0 Å². The molecule has 0 aliphatic rings. The Bertz CT molecular complexity index is 442. The van der Waals surface area contributed by atoms with E-state index < -0.39 is 11.4 Å². The highest BCUT2D eigenvalue weighted by atomic mass is 16.5. The highest BCUT2D eigenvalue weighted by Crippen LogP contribution is 2.21. The third-order valence-corrected chi connectivity index (χ3v) is 3.64. The highest BCUT2D eigenvalue weighted by molar-refractivity contribution is 5.86. The molecule has 0 fully saturated rings. The zero-order valence-corrected chi connectivity index (χ0v) is 14.9. The Balaban J connectivity index is 3.93. The van der Waals surface area contributed by atoms with Crippen LogP contribution in [0.2, 0.25) is 0 Å². The molecule has 0 aromatic carbocycles.